The highest BCUT2D eigenvalue weighted by molar-refractivity contribution is 5.76. The smallest absolute Gasteiger partial charge is 0.0620 e. The fraction of sp³-hybridized carbons (Fsp3) is 0.333. The maximum absolute atomic E-state index is 6.11. The van der Waals surface area contributed by atoms with E-state index < -0.39 is 0 Å². The molecule has 20 heavy (non-hydrogen) atoms. The lowest BCUT2D eigenvalue weighted by molar-refractivity contribution is 1.09. The van der Waals surface area contributed by atoms with Gasteiger partial charge in [-0.25, -0.2) is 0 Å². The zero-order valence-electron chi connectivity index (χ0n) is 12.7. The molecule has 0 saturated carbocycles. The van der Waals surface area contributed by atoms with Crippen molar-refractivity contribution < 1.29 is 0 Å². The van der Waals surface area contributed by atoms with E-state index in [1.165, 1.54) is 22.4 Å². The van der Waals surface area contributed by atoms with E-state index in [0.29, 0.717) is 0 Å². The summed E-state index contributed by atoms with van der Waals surface area (Å²) in [6.45, 7) is 6.53. The molecule has 0 bridgehead atoms. The maximum atomic E-state index is 6.11. The monoisotopic (exact) mass is 268 g/mol. The predicted octanol–water partition coefficient (Wildman–Crippen LogP) is 4.70. The molecule has 0 atom stereocenters. The molecule has 0 spiro atoms. The van der Waals surface area contributed by atoms with Crippen LogP contribution in [0.3, 0.4) is 0 Å². The molecule has 0 aromatic heterocycles. The van der Waals surface area contributed by atoms with E-state index in [-0.39, 0.29) is 0 Å². The van der Waals surface area contributed by atoms with Crippen LogP contribution < -0.4 is 11.1 Å². The Labute approximate surface area is 122 Å². The van der Waals surface area contributed by atoms with Crippen molar-refractivity contribution in [2.24, 2.45) is 0 Å². The second-order valence-corrected chi connectivity index (χ2v) is 5.06. The van der Waals surface area contributed by atoms with E-state index in [1.54, 1.807) is 0 Å². The van der Waals surface area contributed by atoms with Crippen molar-refractivity contribution >= 4 is 17.1 Å². The van der Waals surface area contributed by atoms with Crippen molar-refractivity contribution in [3.63, 3.8) is 0 Å². The largest absolute Gasteiger partial charge is 0.397 e. The van der Waals surface area contributed by atoms with Gasteiger partial charge in [-0.15, -0.1) is 0 Å². The molecule has 0 aliphatic rings. The summed E-state index contributed by atoms with van der Waals surface area (Å²) in [5.74, 6) is 0. The van der Waals surface area contributed by atoms with Gasteiger partial charge in [0.2, 0.25) is 0 Å². The molecule has 2 heteroatoms. The number of para-hydroxylation sites is 1. The molecule has 106 valence electrons. The van der Waals surface area contributed by atoms with E-state index >= 15 is 0 Å². The summed E-state index contributed by atoms with van der Waals surface area (Å²) >= 11 is 0. The number of nitrogens with two attached hydrogens (primary N) is 1. The summed E-state index contributed by atoms with van der Waals surface area (Å²) in [6, 6.07) is 12.7. The van der Waals surface area contributed by atoms with Crippen LogP contribution >= 0.6 is 0 Å². The fourth-order valence-electron chi connectivity index (χ4n) is 2.47. The van der Waals surface area contributed by atoms with E-state index in [9.17, 15) is 0 Å². The van der Waals surface area contributed by atoms with Crippen LogP contribution in [0.4, 0.5) is 17.1 Å². The zero-order valence-corrected chi connectivity index (χ0v) is 12.7. The van der Waals surface area contributed by atoms with Crippen molar-refractivity contribution in [1.82, 2.24) is 0 Å². The van der Waals surface area contributed by atoms with Gasteiger partial charge in [-0.3, -0.25) is 0 Å². The van der Waals surface area contributed by atoms with Crippen LogP contribution in [-0.2, 0) is 19.3 Å². The van der Waals surface area contributed by atoms with Gasteiger partial charge >= 0.3 is 0 Å². The number of nitrogen functional groups attached to an aromatic ring is 1. The molecule has 0 fully saturated rings. The lowest BCUT2D eigenvalue weighted by Gasteiger charge is -2.17. The van der Waals surface area contributed by atoms with Gasteiger partial charge in [0.05, 0.1) is 11.4 Å². The average Bonchev–Trinajstić information content (AvgIpc) is 2.49. The van der Waals surface area contributed by atoms with Crippen molar-refractivity contribution in [2.75, 3.05) is 11.1 Å². The van der Waals surface area contributed by atoms with Gasteiger partial charge < -0.3 is 11.1 Å². The van der Waals surface area contributed by atoms with E-state index in [2.05, 4.69) is 56.4 Å². The number of aryl methyl sites for hydroxylation is 3. The second kappa shape index (κ2) is 6.47. The maximum Gasteiger partial charge on any atom is 0.0620 e. The van der Waals surface area contributed by atoms with Crippen LogP contribution in [0.2, 0.25) is 0 Å². The zero-order chi connectivity index (χ0) is 14.5. The molecule has 2 rings (SSSR count). The Hall–Kier alpha value is -1.96. The lowest BCUT2D eigenvalue weighted by Crippen LogP contribution is -2.03. The van der Waals surface area contributed by atoms with Gasteiger partial charge in [0.15, 0.2) is 0 Å². The fourth-order valence-corrected chi connectivity index (χ4v) is 2.47. The Bertz CT molecular complexity index is 566. The molecule has 0 radical (unpaired) electrons. The SMILES string of the molecule is CCc1ccc(N)c(Nc2c(CC)cccc2CC)c1. The van der Waals surface area contributed by atoms with Gasteiger partial charge in [-0.2, -0.15) is 0 Å². The summed E-state index contributed by atoms with van der Waals surface area (Å²) in [6.07, 6.45) is 3.05. The normalized spacial score (nSPS) is 10.6. The first-order valence-corrected chi connectivity index (χ1v) is 7.45. The predicted molar refractivity (Wildman–Crippen MR) is 88.7 cm³/mol. The van der Waals surface area contributed by atoms with Crippen LogP contribution in [0.25, 0.3) is 0 Å². The number of hydrogen-bond donors (Lipinski definition) is 2. The molecular formula is C18H24N2. The van der Waals surface area contributed by atoms with Crippen molar-refractivity contribution in [2.45, 2.75) is 40.0 Å². The molecule has 0 saturated heterocycles. The second-order valence-electron chi connectivity index (χ2n) is 5.06. The standard InChI is InChI=1S/C18H24N2/c1-4-13-10-11-16(19)17(12-13)20-18-14(5-2)8-7-9-15(18)6-3/h7-12,20H,4-6,19H2,1-3H3. The first-order chi connectivity index (χ1) is 9.69. The molecule has 2 aromatic carbocycles. The Morgan fingerprint density at radius 3 is 2.10 bits per heavy atom. The number of benzene rings is 2. The minimum atomic E-state index is 0.801. The highest BCUT2D eigenvalue weighted by Crippen LogP contribution is 2.30. The van der Waals surface area contributed by atoms with Gasteiger partial charge in [0.1, 0.15) is 0 Å². The van der Waals surface area contributed by atoms with Crippen LogP contribution in [-0.4, -0.2) is 0 Å². The van der Waals surface area contributed by atoms with Crippen molar-refractivity contribution in [3.8, 4) is 0 Å². The summed E-state index contributed by atoms with van der Waals surface area (Å²) in [5.41, 5.74) is 13.1. The quantitative estimate of drug-likeness (QED) is 0.771. The summed E-state index contributed by atoms with van der Waals surface area (Å²) in [5, 5.41) is 3.56. The van der Waals surface area contributed by atoms with Crippen LogP contribution in [0.15, 0.2) is 36.4 Å². The van der Waals surface area contributed by atoms with Gasteiger partial charge in [0, 0.05) is 5.69 Å². The third-order valence-corrected chi connectivity index (χ3v) is 3.78. The molecule has 0 heterocycles. The average molecular weight is 268 g/mol. The lowest BCUT2D eigenvalue weighted by atomic mass is 10.0. The van der Waals surface area contributed by atoms with Gasteiger partial charge in [-0.05, 0) is 48.1 Å². The van der Waals surface area contributed by atoms with Crippen molar-refractivity contribution in [3.05, 3.63) is 53.1 Å². The summed E-state index contributed by atoms with van der Waals surface area (Å²) in [4.78, 5) is 0. The Kier molecular flexibility index (Phi) is 4.67. The van der Waals surface area contributed by atoms with E-state index in [0.717, 1.165) is 30.6 Å². The first-order valence-electron chi connectivity index (χ1n) is 7.45. The third-order valence-electron chi connectivity index (χ3n) is 3.78. The molecule has 2 aromatic rings. The van der Waals surface area contributed by atoms with Gasteiger partial charge in [-0.1, -0.05) is 45.0 Å². The van der Waals surface area contributed by atoms with Crippen molar-refractivity contribution in [1.29, 1.82) is 0 Å². The molecular weight excluding hydrogens is 244 g/mol. The molecule has 3 N–H and O–H groups in total. The van der Waals surface area contributed by atoms with Crippen LogP contribution in [0.1, 0.15) is 37.5 Å². The topological polar surface area (TPSA) is 38.0 Å². The minimum Gasteiger partial charge on any atom is -0.397 e. The number of hydrogen-bond acceptors (Lipinski definition) is 2. The Morgan fingerprint density at radius 1 is 0.900 bits per heavy atom. The van der Waals surface area contributed by atoms with E-state index in [4.69, 9.17) is 5.73 Å². The summed E-state index contributed by atoms with van der Waals surface area (Å²) in [7, 11) is 0. The molecule has 2 nitrogen and oxygen atoms in total. The molecule has 0 amide bonds. The Balaban J connectivity index is 2.43. The van der Waals surface area contributed by atoms with Crippen LogP contribution in [0.5, 0.6) is 0 Å². The number of nitrogens with one attached hydrogen (secondary N) is 1. The highest BCUT2D eigenvalue weighted by atomic mass is 14.9. The third kappa shape index (κ3) is 2.96. The van der Waals surface area contributed by atoms with Gasteiger partial charge in [0.25, 0.3) is 0 Å². The number of anilines is 3. The first kappa shape index (κ1) is 14.4. The molecule has 0 aliphatic carbocycles. The number of rotatable bonds is 5. The molecule has 0 unspecified atom stereocenters. The van der Waals surface area contributed by atoms with Crippen LogP contribution in [0, 0.1) is 0 Å². The highest BCUT2D eigenvalue weighted by Gasteiger charge is 2.08. The Morgan fingerprint density at radius 2 is 1.55 bits per heavy atom. The summed E-state index contributed by atoms with van der Waals surface area (Å²) < 4.78 is 0. The molecule has 0 aliphatic heterocycles. The van der Waals surface area contributed by atoms with E-state index in [1.807, 2.05) is 6.07 Å². The minimum absolute atomic E-state index is 0.801.